The highest BCUT2D eigenvalue weighted by molar-refractivity contribution is 5.56. The topological polar surface area (TPSA) is 0 Å². The van der Waals surface area contributed by atoms with Gasteiger partial charge in [-0.25, -0.2) is 0 Å². The summed E-state index contributed by atoms with van der Waals surface area (Å²) in [4.78, 5) is 0. The first-order chi connectivity index (χ1) is 11.8. The van der Waals surface area contributed by atoms with Gasteiger partial charge >= 0.3 is 0 Å². The van der Waals surface area contributed by atoms with Crippen LogP contribution in [0.3, 0.4) is 0 Å². The highest BCUT2D eigenvalue weighted by Crippen LogP contribution is 2.54. The lowest BCUT2D eigenvalue weighted by Gasteiger charge is -2.51. The Balaban J connectivity index is 1.76. The van der Waals surface area contributed by atoms with Crippen LogP contribution in [0.5, 0.6) is 0 Å². The van der Waals surface area contributed by atoms with Crippen LogP contribution in [0.4, 0.5) is 0 Å². The van der Waals surface area contributed by atoms with Gasteiger partial charge in [-0.3, -0.25) is 0 Å². The summed E-state index contributed by atoms with van der Waals surface area (Å²) in [5.74, 6) is 1.11. The highest BCUT2D eigenvalue weighted by atomic mass is 15.4. The number of quaternary nitrogens is 2. The molecule has 0 amide bonds. The molecule has 0 heterocycles. The predicted octanol–water partition coefficient (Wildman–Crippen LogP) is 3.82. The van der Waals surface area contributed by atoms with E-state index in [1.165, 1.54) is 19.5 Å². The van der Waals surface area contributed by atoms with E-state index >= 15 is 0 Å². The lowest BCUT2D eigenvalue weighted by Crippen LogP contribution is -2.59. The third-order valence-corrected chi connectivity index (χ3v) is 6.52. The van der Waals surface area contributed by atoms with Crippen molar-refractivity contribution in [2.75, 3.05) is 48.3 Å². The minimum atomic E-state index is 0.542. The van der Waals surface area contributed by atoms with Gasteiger partial charge in [-0.2, -0.15) is 0 Å². The van der Waals surface area contributed by atoms with Gasteiger partial charge in [0, 0.05) is 12.3 Å². The number of likely N-dealkylation sites (N-methyl/N-ethyl adjacent to an activating group) is 2. The molecule has 0 saturated carbocycles. The van der Waals surface area contributed by atoms with Crippen molar-refractivity contribution in [2.24, 2.45) is 0 Å². The molecule has 1 atom stereocenters. The highest BCUT2D eigenvalue weighted by Gasteiger charge is 2.49. The van der Waals surface area contributed by atoms with Crippen LogP contribution in [0.1, 0.15) is 40.5 Å². The monoisotopic (exact) mass is 336 g/mol. The van der Waals surface area contributed by atoms with E-state index in [1.54, 1.807) is 22.3 Å². The Bertz CT molecular complexity index is 737. The Morgan fingerprint density at radius 2 is 1.20 bits per heavy atom. The summed E-state index contributed by atoms with van der Waals surface area (Å²) in [6.07, 6.45) is 1.28. The Hall–Kier alpha value is -1.64. The zero-order valence-corrected chi connectivity index (χ0v) is 16.4. The lowest BCUT2D eigenvalue weighted by atomic mass is 9.61. The fourth-order valence-corrected chi connectivity index (χ4v) is 5.02. The smallest absolute Gasteiger partial charge is 0.128 e. The third-order valence-electron chi connectivity index (χ3n) is 6.52. The molecular formula is C23H32N2+2. The summed E-state index contributed by atoms with van der Waals surface area (Å²) in [7, 11) is 11.8. The molecular weight excluding hydrogens is 304 g/mol. The molecule has 3 aliphatic carbocycles. The van der Waals surface area contributed by atoms with E-state index in [0.717, 1.165) is 8.97 Å². The molecule has 2 bridgehead atoms. The molecule has 132 valence electrons. The van der Waals surface area contributed by atoms with Crippen molar-refractivity contribution in [2.45, 2.75) is 24.3 Å². The Kier molecular flexibility index (Phi) is 3.82. The van der Waals surface area contributed by atoms with E-state index in [-0.39, 0.29) is 0 Å². The van der Waals surface area contributed by atoms with Crippen molar-refractivity contribution in [3.63, 3.8) is 0 Å². The SMILES string of the molecule is C[N+](C)(C)CC[N+](C)(C)C1CC2c3ccccc3C1c1ccccc12. The fraction of sp³-hybridized carbons (Fsp3) is 0.478. The van der Waals surface area contributed by atoms with Gasteiger partial charge in [-0.15, -0.1) is 0 Å². The van der Waals surface area contributed by atoms with Crippen LogP contribution in [-0.4, -0.2) is 63.3 Å². The largest absolute Gasteiger partial charge is 0.326 e. The second-order valence-corrected chi connectivity index (χ2v) is 9.61. The molecule has 0 N–H and O–H groups in total. The molecule has 0 spiro atoms. The number of hydrogen-bond acceptors (Lipinski definition) is 0. The molecule has 2 aromatic rings. The Morgan fingerprint density at radius 3 is 1.68 bits per heavy atom. The first-order valence-electron chi connectivity index (χ1n) is 9.59. The minimum Gasteiger partial charge on any atom is -0.326 e. The van der Waals surface area contributed by atoms with Crippen LogP contribution in [0, 0.1) is 0 Å². The van der Waals surface area contributed by atoms with E-state index in [0.29, 0.717) is 17.9 Å². The van der Waals surface area contributed by atoms with Gasteiger partial charge in [-0.1, -0.05) is 48.5 Å². The molecule has 3 aliphatic rings. The summed E-state index contributed by atoms with van der Waals surface area (Å²) in [6, 6.07) is 19.1. The summed E-state index contributed by atoms with van der Waals surface area (Å²) in [5.41, 5.74) is 6.32. The third kappa shape index (κ3) is 2.82. The molecule has 0 aromatic heterocycles. The zero-order chi connectivity index (χ0) is 17.8. The van der Waals surface area contributed by atoms with Crippen molar-refractivity contribution < 1.29 is 8.97 Å². The van der Waals surface area contributed by atoms with E-state index in [1.807, 2.05) is 0 Å². The quantitative estimate of drug-likeness (QED) is 0.745. The Labute approximate surface area is 152 Å². The van der Waals surface area contributed by atoms with Crippen molar-refractivity contribution >= 4 is 0 Å². The maximum atomic E-state index is 2.45. The number of rotatable bonds is 4. The van der Waals surface area contributed by atoms with E-state index in [4.69, 9.17) is 0 Å². The molecule has 2 aromatic carbocycles. The Morgan fingerprint density at radius 1 is 0.720 bits per heavy atom. The first-order valence-corrected chi connectivity index (χ1v) is 9.59. The molecule has 5 rings (SSSR count). The lowest BCUT2D eigenvalue weighted by molar-refractivity contribution is -0.953. The number of benzene rings is 2. The van der Waals surface area contributed by atoms with Gasteiger partial charge in [0.05, 0.1) is 41.2 Å². The average molecular weight is 337 g/mol. The van der Waals surface area contributed by atoms with Gasteiger partial charge in [0.2, 0.25) is 0 Å². The first kappa shape index (κ1) is 16.8. The van der Waals surface area contributed by atoms with E-state index < -0.39 is 0 Å². The predicted molar refractivity (Wildman–Crippen MR) is 105 cm³/mol. The maximum absolute atomic E-state index is 2.45. The number of nitrogens with zero attached hydrogens (tertiary/aromatic N) is 2. The zero-order valence-electron chi connectivity index (χ0n) is 16.4. The summed E-state index contributed by atoms with van der Waals surface area (Å²) in [6.45, 7) is 2.44. The van der Waals surface area contributed by atoms with Crippen LogP contribution >= 0.6 is 0 Å². The van der Waals surface area contributed by atoms with E-state index in [9.17, 15) is 0 Å². The van der Waals surface area contributed by atoms with Crippen LogP contribution in [0.2, 0.25) is 0 Å². The van der Waals surface area contributed by atoms with Crippen LogP contribution in [0.15, 0.2) is 48.5 Å². The van der Waals surface area contributed by atoms with E-state index in [2.05, 4.69) is 83.8 Å². The van der Waals surface area contributed by atoms with Crippen LogP contribution in [0.25, 0.3) is 0 Å². The van der Waals surface area contributed by atoms with Gasteiger partial charge < -0.3 is 8.97 Å². The van der Waals surface area contributed by atoms with Crippen LogP contribution in [-0.2, 0) is 0 Å². The molecule has 0 saturated heterocycles. The molecule has 0 aliphatic heterocycles. The maximum Gasteiger partial charge on any atom is 0.128 e. The van der Waals surface area contributed by atoms with Crippen molar-refractivity contribution in [3.05, 3.63) is 70.8 Å². The molecule has 2 heteroatoms. The van der Waals surface area contributed by atoms with Gasteiger partial charge in [0.15, 0.2) is 0 Å². The fourth-order valence-electron chi connectivity index (χ4n) is 5.02. The molecule has 25 heavy (non-hydrogen) atoms. The van der Waals surface area contributed by atoms with Gasteiger partial charge in [-0.05, 0) is 22.3 Å². The number of fused-ring (bicyclic) bond motifs is 1. The second kappa shape index (κ2) is 5.69. The molecule has 0 fully saturated rings. The van der Waals surface area contributed by atoms with Crippen molar-refractivity contribution in [3.8, 4) is 0 Å². The normalized spacial score (nSPS) is 24.8. The number of hydrogen-bond donors (Lipinski definition) is 0. The standard InChI is InChI=1S/C23H32N2/c1-24(2,3)14-15-25(4,5)22-16-21-17-10-6-8-12-19(17)23(22)20-13-9-7-11-18(20)21/h6-13,21-23H,14-16H2,1-5H3/q+2. The van der Waals surface area contributed by atoms with Gasteiger partial charge in [0.1, 0.15) is 19.1 Å². The average Bonchev–Trinajstić information content (AvgIpc) is 2.59. The second-order valence-electron chi connectivity index (χ2n) is 9.61. The van der Waals surface area contributed by atoms with Gasteiger partial charge in [0.25, 0.3) is 0 Å². The van der Waals surface area contributed by atoms with Crippen molar-refractivity contribution in [1.82, 2.24) is 0 Å². The molecule has 0 radical (unpaired) electrons. The molecule has 1 unspecified atom stereocenters. The van der Waals surface area contributed by atoms with Crippen LogP contribution < -0.4 is 0 Å². The van der Waals surface area contributed by atoms with Crippen molar-refractivity contribution in [1.29, 1.82) is 0 Å². The molecule has 2 nitrogen and oxygen atoms in total. The minimum absolute atomic E-state index is 0.542. The summed E-state index contributed by atoms with van der Waals surface area (Å²) >= 11 is 0. The summed E-state index contributed by atoms with van der Waals surface area (Å²) in [5, 5.41) is 0. The summed E-state index contributed by atoms with van der Waals surface area (Å²) < 4.78 is 2.15.